The highest BCUT2D eigenvalue weighted by molar-refractivity contribution is 7.14. The molecule has 0 spiro atoms. The highest BCUT2D eigenvalue weighted by atomic mass is 32.1. The lowest BCUT2D eigenvalue weighted by atomic mass is 10.1. The topological polar surface area (TPSA) is 84.2 Å². The molecule has 1 amide bonds. The monoisotopic (exact) mass is 293 g/mol. The first-order valence-electron chi connectivity index (χ1n) is 5.97. The molecule has 0 bridgehead atoms. The first-order chi connectivity index (χ1) is 9.30. The van der Waals surface area contributed by atoms with Gasteiger partial charge in [-0.1, -0.05) is 0 Å². The molecule has 0 fully saturated rings. The summed E-state index contributed by atoms with van der Waals surface area (Å²) in [6.07, 6.45) is 2.94. The van der Waals surface area contributed by atoms with Crippen molar-refractivity contribution in [3.05, 3.63) is 34.3 Å². The van der Waals surface area contributed by atoms with Crippen LogP contribution in [0, 0.1) is 6.92 Å². The largest absolute Gasteiger partial charge is 0.479 e. The molecule has 0 aromatic carbocycles. The van der Waals surface area contributed by atoms with Crippen LogP contribution in [0.25, 0.3) is 0 Å². The lowest BCUT2D eigenvalue weighted by Gasteiger charge is -2.19. The summed E-state index contributed by atoms with van der Waals surface area (Å²) in [7, 11) is 0. The van der Waals surface area contributed by atoms with Crippen molar-refractivity contribution < 1.29 is 14.7 Å². The van der Waals surface area contributed by atoms with E-state index in [0.717, 1.165) is 4.88 Å². The predicted octanol–water partition coefficient (Wildman–Crippen LogP) is 2.33. The Morgan fingerprint density at radius 2 is 2.10 bits per heavy atom. The number of thiophene rings is 1. The van der Waals surface area contributed by atoms with Crippen LogP contribution in [-0.4, -0.2) is 26.8 Å². The molecule has 2 aromatic heterocycles. The first kappa shape index (κ1) is 14.3. The molecule has 0 unspecified atom stereocenters. The number of aliphatic carboxylic acids is 1. The number of nitrogens with one attached hydrogen (secondary N) is 1. The number of hydrogen-bond acceptors (Lipinski definition) is 4. The molecule has 7 heteroatoms. The third kappa shape index (κ3) is 2.72. The average molecular weight is 293 g/mol. The van der Waals surface area contributed by atoms with Crippen LogP contribution < -0.4 is 5.32 Å². The summed E-state index contributed by atoms with van der Waals surface area (Å²) < 4.78 is 1.31. The third-order valence-electron chi connectivity index (χ3n) is 2.90. The van der Waals surface area contributed by atoms with E-state index in [2.05, 4.69) is 10.4 Å². The molecule has 6 nitrogen and oxygen atoms in total. The van der Waals surface area contributed by atoms with Gasteiger partial charge in [-0.05, 0) is 32.9 Å². The lowest BCUT2D eigenvalue weighted by molar-refractivity contribution is -0.146. The highest BCUT2D eigenvalue weighted by Crippen LogP contribution is 2.19. The number of nitrogens with zero attached hydrogens (tertiary/aromatic N) is 2. The van der Waals surface area contributed by atoms with Crippen molar-refractivity contribution in [3.63, 3.8) is 0 Å². The maximum atomic E-state index is 12.0. The van der Waals surface area contributed by atoms with Gasteiger partial charge in [-0.25, -0.2) is 4.79 Å². The molecular weight excluding hydrogens is 278 g/mol. The Hall–Kier alpha value is -2.15. The standard InChI is InChI=1S/C13H15N3O3S/c1-8-4-5-10(20-8)11(17)15-9-6-14-16(7-9)13(2,3)12(18)19/h4-7H,1-3H3,(H,15,17)(H,18,19). The minimum atomic E-state index is -1.16. The summed E-state index contributed by atoms with van der Waals surface area (Å²) in [5, 5.41) is 15.8. The zero-order valence-electron chi connectivity index (χ0n) is 11.4. The fraction of sp³-hybridized carbons (Fsp3) is 0.308. The Balaban J connectivity index is 2.14. The van der Waals surface area contributed by atoms with E-state index in [9.17, 15) is 9.59 Å². The van der Waals surface area contributed by atoms with Crippen molar-refractivity contribution in [1.82, 2.24) is 9.78 Å². The molecule has 0 atom stereocenters. The van der Waals surface area contributed by atoms with Crippen molar-refractivity contribution in [3.8, 4) is 0 Å². The maximum absolute atomic E-state index is 12.0. The van der Waals surface area contributed by atoms with Crippen LogP contribution in [0.4, 0.5) is 5.69 Å². The number of aryl methyl sites for hydroxylation is 1. The molecule has 2 heterocycles. The van der Waals surface area contributed by atoms with Crippen molar-refractivity contribution >= 4 is 28.9 Å². The molecule has 0 aliphatic carbocycles. The first-order valence-corrected chi connectivity index (χ1v) is 6.78. The van der Waals surface area contributed by atoms with E-state index in [1.54, 1.807) is 6.07 Å². The molecule has 0 aliphatic heterocycles. The van der Waals surface area contributed by atoms with Gasteiger partial charge in [0.05, 0.1) is 16.8 Å². The van der Waals surface area contributed by atoms with E-state index in [-0.39, 0.29) is 5.91 Å². The molecule has 0 aliphatic rings. The summed E-state index contributed by atoms with van der Waals surface area (Å²) in [4.78, 5) is 24.8. The second kappa shape index (κ2) is 5.09. The van der Waals surface area contributed by atoms with Crippen molar-refractivity contribution in [2.75, 3.05) is 5.32 Å². The fourth-order valence-electron chi connectivity index (χ4n) is 1.54. The minimum absolute atomic E-state index is 0.226. The number of carbonyl (C=O) groups is 2. The van der Waals surface area contributed by atoms with Crippen molar-refractivity contribution in [2.45, 2.75) is 26.3 Å². The van der Waals surface area contributed by atoms with Crippen LogP contribution in [0.3, 0.4) is 0 Å². The molecule has 20 heavy (non-hydrogen) atoms. The van der Waals surface area contributed by atoms with Gasteiger partial charge in [-0.3, -0.25) is 9.48 Å². The SMILES string of the molecule is Cc1ccc(C(=O)Nc2cnn(C(C)(C)C(=O)O)c2)s1. The Morgan fingerprint density at radius 1 is 1.40 bits per heavy atom. The van der Waals surface area contributed by atoms with Gasteiger partial charge in [0.25, 0.3) is 5.91 Å². The average Bonchev–Trinajstić information content (AvgIpc) is 2.98. The van der Waals surface area contributed by atoms with E-state index >= 15 is 0 Å². The van der Waals surface area contributed by atoms with E-state index in [1.807, 2.05) is 13.0 Å². The molecular formula is C13H15N3O3S. The summed E-state index contributed by atoms with van der Waals surface area (Å²) in [5.41, 5.74) is -0.696. The molecule has 0 saturated heterocycles. The smallest absolute Gasteiger partial charge is 0.331 e. The minimum Gasteiger partial charge on any atom is -0.479 e. The number of amides is 1. The number of carboxylic acid groups (broad SMARTS) is 1. The van der Waals surface area contributed by atoms with E-state index in [0.29, 0.717) is 10.6 Å². The predicted molar refractivity (Wildman–Crippen MR) is 76.2 cm³/mol. The summed E-state index contributed by atoms with van der Waals surface area (Å²) in [6, 6.07) is 3.62. The molecule has 0 saturated carbocycles. The van der Waals surface area contributed by atoms with Gasteiger partial charge in [-0.15, -0.1) is 11.3 Å². The summed E-state index contributed by atoms with van der Waals surface area (Å²) in [6.45, 7) is 5.00. The summed E-state index contributed by atoms with van der Waals surface area (Å²) >= 11 is 1.40. The number of hydrogen-bond donors (Lipinski definition) is 2. The number of carbonyl (C=O) groups excluding carboxylic acids is 1. The van der Waals surface area contributed by atoms with Crippen LogP contribution in [-0.2, 0) is 10.3 Å². The van der Waals surface area contributed by atoms with Gasteiger partial charge >= 0.3 is 5.97 Å². The fourth-order valence-corrected chi connectivity index (χ4v) is 2.30. The third-order valence-corrected chi connectivity index (χ3v) is 3.90. The Labute approximate surface area is 120 Å². The van der Waals surface area contributed by atoms with Gasteiger partial charge in [-0.2, -0.15) is 5.10 Å². The Bertz CT molecular complexity index is 657. The van der Waals surface area contributed by atoms with E-state index < -0.39 is 11.5 Å². The normalized spacial score (nSPS) is 11.3. The molecule has 2 rings (SSSR count). The van der Waals surface area contributed by atoms with E-state index in [4.69, 9.17) is 5.11 Å². The lowest BCUT2D eigenvalue weighted by Crippen LogP contribution is -2.35. The van der Waals surface area contributed by atoms with Crippen LogP contribution in [0.1, 0.15) is 28.4 Å². The highest BCUT2D eigenvalue weighted by Gasteiger charge is 2.30. The quantitative estimate of drug-likeness (QED) is 0.906. The van der Waals surface area contributed by atoms with Crippen LogP contribution >= 0.6 is 11.3 Å². The zero-order valence-corrected chi connectivity index (χ0v) is 12.2. The second-order valence-corrected chi connectivity index (χ2v) is 6.19. The summed E-state index contributed by atoms with van der Waals surface area (Å²) in [5.74, 6) is -1.22. The molecule has 2 N–H and O–H groups in total. The molecule has 2 aromatic rings. The molecule has 0 radical (unpaired) electrons. The number of carboxylic acids is 1. The Morgan fingerprint density at radius 3 is 2.65 bits per heavy atom. The van der Waals surface area contributed by atoms with Gasteiger partial charge in [0.1, 0.15) is 0 Å². The van der Waals surface area contributed by atoms with E-state index in [1.165, 1.54) is 42.3 Å². The van der Waals surface area contributed by atoms with Gasteiger partial charge in [0.2, 0.25) is 0 Å². The molecule has 106 valence electrons. The van der Waals surface area contributed by atoms with Gasteiger partial charge < -0.3 is 10.4 Å². The van der Waals surface area contributed by atoms with Gasteiger partial charge in [0, 0.05) is 11.1 Å². The number of anilines is 1. The zero-order chi connectivity index (χ0) is 14.9. The second-order valence-electron chi connectivity index (χ2n) is 4.90. The maximum Gasteiger partial charge on any atom is 0.331 e. The van der Waals surface area contributed by atoms with Crippen molar-refractivity contribution in [1.29, 1.82) is 0 Å². The van der Waals surface area contributed by atoms with Crippen molar-refractivity contribution in [2.24, 2.45) is 0 Å². The van der Waals surface area contributed by atoms with Crippen LogP contribution in [0.5, 0.6) is 0 Å². The van der Waals surface area contributed by atoms with Gasteiger partial charge in [0.15, 0.2) is 5.54 Å². The number of rotatable bonds is 4. The van der Waals surface area contributed by atoms with Crippen LogP contribution in [0.2, 0.25) is 0 Å². The number of aromatic nitrogens is 2. The van der Waals surface area contributed by atoms with Crippen LogP contribution in [0.15, 0.2) is 24.5 Å². The Kier molecular flexibility index (Phi) is 3.63.